The molecular weight excluding hydrogens is 274 g/mol. The monoisotopic (exact) mass is 289 g/mol. The number of hydrogen-bond acceptors (Lipinski definition) is 5. The van der Waals surface area contributed by atoms with E-state index < -0.39 is 11.9 Å². The van der Waals surface area contributed by atoms with E-state index in [0.717, 1.165) is 17.3 Å². The molecule has 0 atom stereocenters. The van der Waals surface area contributed by atoms with E-state index in [1.54, 1.807) is 0 Å². The second-order valence-electron chi connectivity index (χ2n) is 4.39. The molecule has 0 fully saturated rings. The SMILES string of the molecule is O=C(Cn1nncc1C(=O)O)OCCCc1ccccc1. The summed E-state index contributed by atoms with van der Waals surface area (Å²) in [6, 6.07) is 9.88. The Kier molecular flexibility index (Phi) is 5.03. The summed E-state index contributed by atoms with van der Waals surface area (Å²) in [5, 5.41) is 15.8. The van der Waals surface area contributed by atoms with Gasteiger partial charge in [-0.05, 0) is 18.4 Å². The van der Waals surface area contributed by atoms with Crippen LogP contribution in [-0.2, 0) is 22.5 Å². The van der Waals surface area contributed by atoms with Crippen molar-refractivity contribution in [2.24, 2.45) is 0 Å². The number of hydrogen-bond donors (Lipinski definition) is 1. The van der Waals surface area contributed by atoms with Crippen LogP contribution in [-0.4, -0.2) is 38.6 Å². The van der Waals surface area contributed by atoms with E-state index >= 15 is 0 Å². The number of nitrogens with zero attached hydrogens (tertiary/aromatic N) is 3. The van der Waals surface area contributed by atoms with Crippen LogP contribution in [0.25, 0.3) is 0 Å². The molecule has 0 spiro atoms. The molecule has 0 aliphatic rings. The van der Waals surface area contributed by atoms with Crippen LogP contribution >= 0.6 is 0 Å². The van der Waals surface area contributed by atoms with Crippen molar-refractivity contribution in [3.8, 4) is 0 Å². The summed E-state index contributed by atoms with van der Waals surface area (Å²) in [7, 11) is 0. The van der Waals surface area contributed by atoms with Gasteiger partial charge < -0.3 is 9.84 Å². The topological polar surface area (TPSA) is 94.3 Å². The molecule has 0 bridgehead atoms. The van der Waals surface area contributed by atoms with Crippen LogP contribution < -0.4 is 0 Å². The summed E-state index contributed by atoms with van der Waals surface area (Å²) in [5.74, 6) is -1.71. The Morgan fingerprint density at radius 1 is 1.24 bits per heavy atom. The lowest BCUT2D eigenvalue weighted by Crippen LogP contribution is -2.19. The fraction of sp³-hybridized carbons (Fsp3) is 0.286. The van der Waals surface area contributed by atoms with Crippen LogP contribution in [0.1, 0.15) is 22.5 Å². The van der Waals surface area contributed by atoms with Gasteiger partial charge in [-0.3, -0.25) is 4.79 Å². The molecular formula is C14H15N3O4. The second kappa shape index (κ2) is 7.18. The molecule has 1 N–H and O–H groups in total. The molecule has 7 nitrogen and oxygen atoms in total. The molecule has 1 aromatic carbocycles. The van der Waals surface area contributed by atoms with Crippen LogP contribution in [0.3, 0.4) is 0 Å². The number of ether oxygens (including phenoxy) is 1. The number of aromatic nitrogens is 3. The third kappa shape index (κ3) is 4.41. The summed E-state index contributed by atoms with van der Waals surface area (Å²) in [4.78, 5) is 22.4. The number of carboxylic acid groups (broad SMARTS) is 1. The standard InChI is InChI=1S/C14H15N3O4/c18-13(10-17-12(14(19)20)9-15-16-17)21-8-4-7-11-5-2-1-3-6-11/h1-3,5-6,9H,4,7-8,10H2,(H,19,20). The van der Waals surface area contributed by atoms with Crippen molar-refractivity contribution in [2.45, 2.75) is 19.4 Å². The molecule has 2 aromatic rings. The molecule has 0 aliphatic carbocycles. The summed E-state index contributed by atoms with van der Waals surface area (Å²) in [6.07, 6.45) is 2.61. The van der Waals surface area contributed by atoms with Crippen molar-refractivity contribution in [1.29, 1.82) is 0 Å². The second-order valence-corrected chi connectivity index (χ2v) is 4.39. The zero-order valence-corrected chi connectivity index (χ0v) is 11.3. The van der Waals surface area contributed by atoms with Gasteiger partial charge in [-0.1, -0.05) is 35.5 Å². The third-order valence-corrected chi connectivity index (χ3v) is 2.83. The van der Waals surface area contributed by atoms with Gasteiger partial charge in [0.25, 0.3) is 0 Å². The Bertz CT molecular complexity index is 610. The van der Waals surface area contributed by atoms with Gasteiger partial charge in [0, 0.05) is 0 Å². The molecule has 0 aliphatic heterocycles. The number of carbonyl (C=O) groups is 2. The Balaban J connectivity index is 1.73. The van der Waals surface area contributed by atoms with Crippen LogP contribution in [0.15, 0.2) is 36.5 Å². The van der Waals surface area contributed by atoms with Gasteiger partial charge in [-0.2, -0.15) is 0 Å². The molecule has 0 amide bonds. The number of aryl methyl sites for hydroxylation is 1. The molecule has 1 heterocycles. The average molecular weight is 289 g/mol. The minimum absolute atomic E-state index is 0.142. The third-order valence-electron chi connectivity index (χ3n) is 2.83. The highest BCUT2D eigenvalue weighted by molar-refractivity contribution is 5.85. The summed E-state index contributed by atoms with van der Waals surface area (Å²) in [5.41, 5.74) is 1.04. The number of carboxylic acids is 1. The number of rotatable bonds is 7. The van der Waals surface area contributed by atoms with Gasteiger partial charge in [-0.25, -0.2) is 9.48 Å². The lowest BCUT2D eigenvalue weighted by molar-refractivity contribution is -0.144. The Labute approximate surface area is 121 Å². The molecule has 21 heavy (non-hydrogen) atoms. The van der Waals surface area contributed by atoms with Crippen molar-refractivity contribution in [3.05, 3.63) is 47.8 Å². The minimum atomic E-state index is -1.18. The van der Waals surface area contributed by atoms with E-state index in [1.807, 2.05) is 30.3 Å². The highest BCUT2D eigenvalue weighted by atomic mass is 16.5. The van der Waals surface area contributed by atoms with Crippen LogP contribution in [0.4, 0.5) is 0 Å². The lowest BCUT2D eigenvalue weighted by Gasteiger charge is -2.05. The molecule has 0 radical (unpaired) electrons. The lowest BCUT2D eigenvalue weighted by atomic mass is 10.1. The number of aromatic carboxylic acids is 1. The first-order valence-corrected chi connectivity index (χ1v) is 6.48. The zero-order valence-electron chi connectivity index (χ0n) is 11.3. The summed E-state index contributed by atoms with van der Waals surface area (Å²) >= 11 is 0. The maximum Gasteiger partial charge on any atom is 0.355 e. The molecule has 0 saturated carbocycles. The van der Waals surface area contributed by atoms with Crippen molar-refractivity contribution >= 4 is 11.9 Å². The largest absolute Gasteiger partial charge is 0.476 e. The molecule has 1 aromatic heterocycles. The predicted molar refractivity (Wildman–Crippen MR) is 72.7 cm³/mol. The molecule has 7 heteroatoms. The van der Waals surface area contributed by atoms with E-state index in [-0.39, 0.29) is 18.8 Å². The van der Waals surface area contributed by atoms with Gasteiger partial charge in [0.2, 0.25) is 0 Å². The molecule has 0 saturated heterocycles. The van der Waals surface area contributed by atoms with Gasteiger partial charge in [0.15, 0.2) is 5.69 Å². The molecule has 110 valence electrons. The molecule has 0 unspecified atom stereocenters. The van der Waals surface area contributed by atoms with E-state index in [0.29, 0.717) is 6.42 Å². The number of esters is 1. The maximum atomic E-state index is 11.6. The van der Waals surface area contributed by atoms with Gasteiger partial charge >= 0.3 is 11.9 Å². The van der Waals surface area contributed by atoms with Gasteiger partial charge in [-0.15, -0.1) is 5.10 Å². The van der Waals surface area contributed by atoms with E-state index in [9.17, 15) is 9.59 Å². The quantitative estimate of drug-likeness (QED) is 0.607. The minimum Gasteiger partial charge on any atom is -0.476 e. The highest BCUT2D eigenvalue weighted by Crippen LogP contribution is 2.03. The Morgan fingerprint density at radius 3 is 2.71 bits per heavy atom. The fourth-order valence-electron chi connectivity index (χ4n) is 1.81. The van der Waals surface area contributed by atoms with Crippen molar-refractivity contribution in [1.82, 2.24) is 15.0 Å². The number of benzene rings is 1. The maximum absolute atomic E-state index is 11.6. The van der Waals surface area contributed by atoms with Crippen LogP contribution in [0.5, 0.6) is 0 Å². The first-order chi connectivity index (χ1) is 10.2. The first kappa shape index (κ1) is 14.7. The smallest absolute Gasteiger partial charge is 0.355 e. The van der Waals surface area contributed by atoms with Crippen molar-refractivity contribution < 1.29 is 19.4 Å². The van der Waals surface area contributed by atoms with Crippen LogP contribution in [0, 0.1) is 0 Å². The summed E-state index contributed by atoms with van der Waals surface area (Å²) < 4.78 is 6.05. The Morgan fingerprint density at radius 2 is 2.00 bits per heavy atom. The number of carbonyl (C=O) groups excluding carboxylic acids is 1. The van der Waals surface area contributed by atoms with E-state index in [2.05, 4.69) is 10.3 Å². The van der Waals surface area contributed by atoms with Crippen LogP contribution in [0.2, 0.25) is 0 Å². The molecule has 2 rings (SSSR count). The fourth-order valence-corrected chi connectivity index (χ4v) is 1.81. The predicted octanol–water partition coefficient (Wildman–Crippen LogP) is 1.15. The normalized spacial score (nSPS) is 10.3. The van der Waals surface area contributed by atoms with Crippen molar-refractivity contribution in [3.63, 3.8) is 0 Å². The van der Waals surface area contributed by atoms with Gasteiger partial charge in [0.1, 0.15) is 6.54 Å². The first-order valence-electron chi connectivity index (χ1n) is 6.48. The van der Waals surface area contributed by atoms with E-state index in [4.69, 9.17) is 9.84 Å². The summed E-state index contributed by atoms with van der Waals surface area (Å²) in [6.45, 7) is 0.0256. The highest BCUT2D eigenvalue weighted by Gasteiger charge is 2.14. The average Bonchev–Trinajstić information content (AvgIpc) is 2.93. The van der Waals surface area contributed by atoms with E-state index in [1.165, 1.54) is 5.56 Å². The van der Waals surface area contributed by atoms with Crippen molar-refractivity contribution in [2.75, 3.05) is 6.61 Å². The van der Waals surface area contributed by atoms with Gasteiger partial charge in [0.05, 0.1) is 12.8 Å². The Hall–Kier alpha value is -2.70. The zero-order chi connectivity index (χ0) is 15.1.